The molecular weight excluding hydrogens is 290 g/mol. The smallest absolute Gasteiger partial charge is 0.252 e. The summed E-state index contributed by atoms with van der Waals surface area (Å²) in [5, 5.41) is 0. The zero-order chi connectivity index (χ0) is 16.1. The Balaban J connectivity index is 1.55. The number of anilines is 1. The number of hydrogen-bond acceptors (Lipinski definition) is 4. The van der Waals surface area contributed by atoms with E-state index in [0.29, 0.717) is 11.5 Å². The predicted molar refractivity (Wildman–Crippen MR) is 89.6 cm³/mol. The van der Waals surface area contributed by atoms with Crippen LogP contribution in [0.5, 0.6) is 5.75 Å². The molecular formula is C18H21N3O2. The maximum absolute atomic E-state index is 11.5. The first-order valence-electron chi connectivity index (χ1n) is 7.90. The Morgan fingerprint density at radius 2 is 1.96 bits per heavy atom. The number of rotatable bonds is 5. The van der Waals surface area contributed by atoms with Crippen molar-refractivity contribution in [2.24, 2.45) is 11.7 Å². The summed E-state index contributed by atoms with van der Waals surface area (Å²) in [4.78, 5) is 17.7. The van der Waals surface area contributed by atoms with Gasteiger partial charge in [-0.3, -0.25) is 9.78 Å². The highest BCUT2D eigenvalue weighted by Gasteiger charge is 2.22. The van der Waals surface area contributed by atoms with Gasteiger partial charge in [0.1, 0.15) is 5.75 Å². The number of piperidine rings is 1. The number of primary amides is 1. The van der Waals surface area contributed by atoms with Crippen LogP contribution in [0.15, 0.2) is 48.8 Å². The van der Waals surface area contributed by atoms with Gasteiger partial charge in [-0.1, -0.05) is 18.2 Å². The molecule has 23 heavy (non-hydrogen) atoms. The topological polar surface area (TPSA) is 68.5 Å². The molecule has 2 heterocycles. The van der Waals surface area contributed by atoms with Gasteiger partial charge in [0, 0.05) is 25.5 Å². The fourth-order valence-corrected chi connectivity index (χ4v) is 2.92. The van der Waals surface area contributed by atoms with Crippen LogP contribution < -0.4 is 15.4 Å². The molecule has 1 amide bonds. The molecule has 1 fully saturated rings. The van der Waals surface area contributed by atoms with E-state index >= 15 is 0 Å². The van der Waals surface area contributed by atoms with Gasteiger partial charge in [-0.05, 0) is 37.0 Å². The molecule has 0 radical (unpaired) electrons. The summed E-state index contributed by atoms with van der Waals surface area (Å²) in [5.41, 5.74) is 6.81. The summed E-state index contributed by atoms with van der Waals surface area (Å²) in [6.45, 7) is 2.52. The summed E-state index contributed by atoms with van der Waals surface area (Å²) in [6.07, 6.45) is 5.31. The molecule has 1 saturated heterocycles. The third kappa shape index (κ3) is 3.80. The lowest BCUT2D eigenvalue weighted by Gasteiger charge is -2.34. The summed E-state index contributed by atoms with van der Waals surface area (Å²) in [5.74, 6) is 1.02. The first kappa shape index (κ1) is 15.3. The number of para-hydroxylation sites is 1. The quantitative estimate of drug-likeness (QED) is 0.921. The second-order valence-corrected chi connectivity index (χ2v) is 5.81. The first-order valence-corrected chi connectivity index (χ1v) is 7.90. The highest BCUT2D eigenvalue weighted by atomic mass is 16.5. The molecule has 0 unspecified atom stereocenters. The molecule has 1 aliphatic rings. The molecule has 0 bridgehead atoms. The normalized spacial score (nSPS) is 15.4. The fraction of sp³-hybridized carbons (Fsp3) is 0.333. The van der Waals surface area contributed by atoms with E-state index in [0.717, 1.165) is 44.0 Å². The van der Waals surface area contributed by atoms with Crippen molar-refractivity contribution in [3.63, 3.8) is 0 Å². The molecule has 2 aromatic rings. The third-order valence-corrected chi connectivity index (χ3v) is 4.25. The molecule has 3 rings (SSSR count). The van der Waals surface area contributed by atoms with Crippen molar-refractivity contribution in [3.05, 3.63) is 54.4 Å². The van der Waals surface area contributed by atoms with Gasteiger partial charge < -0.3 is 15.4 Å². The Labute approximate surface area is 136 Å². The number of pyridine rings is 1. The minimum absolute atomic E-state index is 0.428. The molecule has 0 saturated carbocycles. The second-order valence-electron chi connectivity index (χ2n) is 5.81. The van der Waals surface area contributed by atoms with Crippen molar-refractivity contribution in [1.82, 2.24) is 4.98 Å². The van der Waals surface area contributed by atoms with E-state index in [4.69, 9.17) is 10.5 Å². The number of benzene rings is 1. The Kier molecular flexibility index (Phi) is 4.76. The summed E-state index contributed by atoms with van der Waals surface area (Å²) in [6, 6.07) is 11.8. The summed E-state index contributed by atoms with van der Waals surface area (Å²) >= 11 is 0. The average molecular weight is 311 g/mol. The van der Waals surface area contributed by atoms with Crippen LogP contribution in [-0.4, -0.2) is 30.6 Å². The minimum atomic E-state index is -0.428. The number of aromatic nitrogens is 1. The monoisotopic (exact) mass is 311 g/mol. The van der Waals surface area contributed by atoms with Crippen LogP contribution in [0.3, 0.4) is 0 Å². The van der Waals surface area contributed by atoms with Gasteiger partial charge >= 0.3 is 0 Å². The number of carbonyl (C=O) groups excluding carboxylic acids is 1. The molecule has 1 aliphatic heterocycles. The van der Waals surface area contributed by atoms with Crippen molar-refractivity contribution >= 4 is 11.6 Å². The molecule has 0 atom stereocenters. The van der Waals surface area contributed by atoms with Crippen LogP contribution in [0.1, 0.15) is 23.2 Å². The van der Waals surface area contributed by atoms with Crippen molar-refractivity contribution in [3.8, 4) is 5.75 Å². The number of ether oxygens (including phenoxy) is 1. The van der Waals surface area contributed by atoms with Crippen molar-refractivity contribution in [2.45, 2.75) is 12.8 Å². The second kappa shape index (κ2) is 7.13. The highest BCUT2D eigenvalue weighted by Crippen LogP contribution is 2.26. The van der Waals surface area contributed by atoms with Crippen LogP contribution in [0.2, 0.25) is 0 Å². The molecule has 1 aromatic heterocycles. The Bertz CT molecular complexity index is 652. The van der Waals surface area contributed by atoms with Crippen molar-refractivity contribution in [1.29, 1.82) is 0 Å². The predicted octanol–water partition coefficient (Wildman–Crippen LogP) is 2.48. The largest absolute Gasteiger partial charge is 0.493 e. The van der Waals surface area contributed by atoms with E-state index in [2.05, 4.69) is 9.88 Å². The lowest BCUT2D eigenvalue weighted by Crippen LogP contribution is -2.36. The molecule has 2 N–H and O–H groups in total. The molecule has 120 valence electrons. The Morgan fingerprint density at radius 3 is 2.65 bits per heavy atom. The van der Waals surface area contributed by atoms with Crippen LogP contribution in [0, 0.1) is 5.92 Å². The maximum Gasteiger partial charge on any atom is 0.252 e. The SMILES string of the molecule is NC(=O)c1cnccc1N1CCC(COc2ccccc2)CC1. The van der Waals surface area contributed by atoms with Crippen molar-refractivity contribution < 1.29 is 9.53 Å². The fourth-order valence-electron chi connectivity index (χ4n) is 2.92. The van der Waals surface area contributed by atoms with Crippen LogP contribution in [0.4, 0.5) is 5.69 Å². The zero-order valence-electron chi connectivity index (χ0n) is 13.0. The van der Waals surface area contributed by atoms with Gasteiger partial charge in [0.15, 0.2) is 0 Å². The standard InChI is InChI=1S/C18H21N3O2/c19-18(22)16-12-20-9-6-17(16)21-10-7-14(8-11-21)13-23-15-4-2-1-3-5-15/h1-6,9,12,14H,7-8,10-11,13H2,(H2,19,22). The summed E-state index contributed by atoms with van der Waals surface area (Å²) in [7, 11) is 0. The van der Waals surface area contributed by atoms with Crippen LogP contribution in [0.25, 0.3) is 0 Å². The number of nitrogens with zero attached hydrogens (tertiary/aromatic N) is 2. The Hall–Kier alpha value is -2.56. The van der Waals surface area contributed by atoms with E-state index in [1.54, 1.807) is 12.4 Å². The Morgan fingerprint density at radius 1 is 1.22 bits per heavy atom. The van der Waals surface area contributed by atoms with Gasteiger partial charge in [0.25, 0.3) is 5.91 Å². The van der Waals surface area contributed by atoms with E-state index in [-0.39, 0.29) is 0 Å². The molecule has 5 nitrogen and oxygen atoms in total. The van der Waals surface area contributed by atoms with E-state index in [1.165, 1.54) is 0 Å². The lowest BCUT2D eigenvalue weighted by molar-refractivity contribution is 0.1000. The van der Waals surface area contributed by atoms with Gasteiger partial charge in [-0.15, -0.1) is 0 Å². The molecule has 1 aromatic carbocycles. The highest BCUT2D eigenvalue weighted by molar-refractivity contribution is 5.98. The lowest BCUT2D eigenvalue weighted by atomic mass is 9.97. The zero-order valence-corrected chi connectivity index (χ0v) is 13.0. The third-order valence-electron chi connectivity index (χ3n) is 4.25. The maximum atomic E-state index is 11.5. The van der Waals surface area contributed by atoms with Crippen LogP contribution >= 0.6 is 0 Å². The minimum Gasteiger partial charge on any atom is -0.493 e. The number of amides is 1. The van der Waals surface area contributed by atoms with E-state index in [9.17, 15) is 4.79 Å². The van der Waals surface area contributed by atoms with Gasteiger partial charge in [-0.25, -0.2) is 0 Å². The summed E-state index contributed by atoms with van der Waals surface area (Å²) < 4.78 is 5.85. The number of nitrogens with two attached hydrogens (primary N) is 1. The van der Waals surface area contributed by atoms with Gasteiger partial charge in [0.2, 0.25) is 0 Å². The van der Waals surface area contributed by atoms with Gasteiger partial charge in [-0.2, -0.15) is 0 Å². The number of carbonyl (C=O) groups is 1. The van der Waals surface area contributed by atoms with Crippen molar-refractivity contribution in [2.75, 3.05) is 24.6 Å². The van der Waals surface area contributed by atoms with Crippen LogP contribution in [-0.2, 0) is 0 Å². The van der Waals surface area contributed by atoms with E-state index < -0.39 is 5.91 Å². The number of hydrogen-bond donors (Lipinski definition) is 1. The van der Waals surface area contributed by atoms with E-state index in [1.807, 2.05) is 36.4 Å². The molecule has 0 aliphatic carbocycles. The average Bonchev–Trinajstić information content (AvgIpc) is 2.61. The first-order chi connectivity index (χ1) is 11.2. The van der Waals surface area contributed by atoms with Gasteiger partial charge in [0.05, 0.1) is 17.9 Å². The molecule has 0 spiro atoms. The molecule has 5 heteroatoms.